The molecule has 1 amide bonds. The molecule has 5 nitrogen and oxygen atoms in total. The molecule has 1 aromatic carbocycles. The average molecular weight is 277 g/mol. The van der Waals surface area contributed by atoms with Gasteiger partial charge in [-0.3, -0.25) is 4.79 Å². The van der Waals surface area contributed by atoms with E-state index in [1.165, 1.54) is 6.08 Å². The van der Waals surface area contributed by atoms with E-state index in [1.54, 1.807) is 19.3 Å². The first-order valence-electron chi connectivity index (χ1n) is 6.42. The van der Waals surface area contributed by atoms with Gasteiger partial charge in [0.2, 0.25) is 5.91 Å². The largest absolute Gasteiger partial charge is 0.496 e. The number of methoxy groups -OCH3 is 1. The molecule has 0 saturated carbocycles. The highest BCUT2D eigenvalue weighted by molar-refractivity contribution is 5.94. The van der Waals surface area contributed by atoms with Crippen LogP contribution in [0.5, 0.6) is 5.75 Å². The van der Waals surface area contributed by atoms with Crippen LogP contribution in [0.3, 0.4) is 0 Å². The van der Waals surface area contributed by atoms with Gasteiger partial charge in [-0.1, -0.05) is 31.5 Å². The van der Waals surface area contributed by atoms with Crippen molar-refractivity contribution in [3.63, 3.8) is 0 Å². The van der Waals surface area contributed by atoms with Crippen LogP contribution in [0.2, 0.25) is 0 Å². The van der Waals surface area contributed by atoms with Gasteiger partial charge < -0.3 is 15.2 Å². The van der Waals surface area contributed by atoms with Crippen LogP contribution in [0, 0.1) is 0 Å². The minimum Gasteiger partial charge on any atom is -0.496 e. The normalized spacial score (nSPS) is 12.1. The fraction of sp³-hybridized carbons (Fsp3) is 0.333. The molecule has 0 aliphatic heterocycles. The van der Waals surface area contributed by atoms with E-state index in [2.05, 4.69) is 5.32 Å². The Bertz CT molecular complexity index is 496. The van der Waals surface area contributed by atoms with Crippen molar-refractivity contribution in [2.45, 2.75) is 25.8 Å². The molecule has 20 heavy (non-hydrogen) atoms. The number of carbonyl (C=O) groups is 2. The standard InChI is InChI=1S/C15H19NO4/c1-3-6-12(15(18)19)16-14(17)10-9-11-7-4-5-8-13(11)20-2/h4-5,7-10,12H,3,6H2,1-2H3,(H,16,17)(H,18,19)/b10-9+/t12-/m1/s1. The molecular weight excluding hydrogens is 258 g/mol. The summed E-state index contributed by atoms with van der Waals surface area (Å²) in [5.41, 5.74) is 0.757. The van der Waals surface area contributed by atoms with Crippen molar-refractivity contribution in [2.24, 2.45) is 0 Å². The van der Waals surface area contributed by atoms with Crippen LogP contribution < -0.4 is 10.1 Å². The first kappa shape index (κ1) is 15.8. The highest BCUT2D eigenvalue weighted by Gasteiger charge is 2.17. The molecule has 0 saturated heterocycles. The van der Waals surface area contributed by atoms with Gasteiger partial charge in [0, 0.05) is 11.6 Å². The Morgan fingerprint density at radius 3 is 2.70 bits per heavy atom. The Morgan fingerprint density at radius 2 is 2.10 bits per heavy atom. The van der Waals surface area contributed by atoms with Gasteiger partial charge in [-0.25, -0.2) is 4.79 Å². The molecule has 1 atom stereocenters. The number of carboxylic acids is 1. The summed E-state index contributed by atoms with van der Waals surface area (Å²) in [5.74, 6) is -0.803. The zero-order valence-electron chi connectivity index (χ0n) is 11.6. The third-order valence-corrected chi connectivity index (χ3v) is 2.75. The predicted molar refractivity (Wildman–Crippen MR) is 76.5 cm³/mol. The minimum atomic E-state index is -1.02. The summed E-state index contributed by atoms with van der Waals surface area (Å²) < 4.78 is 5.16. The molecule has 0 aliphatic carbocycles. The highest BCUT2D eigenvalue weighted by Crippen LogP contribution is 2.18. The first-order chi connectivity index (χ1) is 9.58. The lowest BCUT2D eigenvalue weighted by molar-refractivity contribution is -0.141. The Kier molecular flexibility index (Phi) is 6.29. The quantitative estimate of drug-likeness (QED) is 0.748. The zero-order chi connectivity index (χ0) is 15.0. The molecule has 1 aromatic rings. The number of aliphatic carboxylic acids is 1. The molecule has 0 unspecified atom stereocenters. The number of para-hydroxylation sites is 1. The van der Waals surface area contributed by atoms with Gasteiger partial charge in [-0.2, -0.15) is 0 Å². The van der Waals surface area contributed by atoms with Crippen molar-refractivity contribution in [2.75, 3.05) is 7.11 Å². The van der Waals surface area contributed by atoms with Gasteiger partial charge in [0.25, 0.3) is 0 Å². The Labute approximate surface area is 118 Å². The topological polar surface area (TPSA) is 75.6 Å². The van der Waals surface area contributed by atoms with Crippen LogP contribution in [-0.4, -0.2) is 30.1 Å². The van der Waals surface area contributed by atoms with Crippen molar-refractivity contribution < 1.29 is 19.4 Å². The number of rotatable bonds is 7. The summed E-state index contributed by atoms with van der Waals surface area (Å²) in [6.45, 7) is 1.87. The molecule has 0 aliphatic rings. The van der Waals surface area contributed by atoms with Crippen molar-refractivity contribution in [3.8, 4) is 5.75 Å². The van der Waals surface area contributed by atoms with Gasteiger partial charge in [0.05, 0.1) is 7.11 Å². The van der Waals surface area contributed by atoms with E-state index in [0.29, 0.717) is 18.6 Å². The van der Waals surface area contributed by atoms with E-state index in [9.17, 15) is 9.59 Å². The lowest BCUT2D eigenvalue weighted by Crippen LogP contribution is -2.39. The highest BCUT2D eigenvalue weighted by atomic mass is 16.5. The fourth-order valence-electron chi connectivity index (χ4n) is 1.74. The number of benzene rings is 1. The summed E-state index contributed by atoms with van der Waals surface area (Å²) in [7, 11) is 1.55. The minimum absolute atomic E-state index is 0.406. The van der Waals surface area contributed by atoms with E-state index in [4.69, 9.17) is 9.84 Å². The molecule has 0 bridgehead atoms. The molecule has 1 rings (SSSR count). The van der Waals surface area contributed by atoms with E-state index in [0.717, 1.165) is 5.56 Å². The van der Waals surface area contributed by atoms with E-state index >= 15 is 0 Å². The Hall–Kier alpha value is -2.30. The molecule has 0 aromatic heterocycles. The number of nitrogens with one attached hydrogen (secondary N) is 1. The van der Waals surface area contributed by atoms with E-state index < -0.39 is 17.9 Å². The van der Waals surface area contributed by atoms with Gasteiger partial charge >= 0.3 is 5.97 Å². The SMILES string of the molecule is CCC[C@@H](NC(=O)/C=C/c1ccccc1OC)C(=O)O. The summed E-state index contributed by atoms with van der Waals surface area (Å²) in [4.78, 5) is 22.6. The first-order valence-corrected chi connectivity index (χ1v) is 6.42. The summed E-state index contributed by atoms with van der Waals surface area (Å²) in [5, 5.41) is 11.4. The monoisotopic (exact) mass is 277 g/mol. The third-order valence-electron chi connectivity index (χ3n) is 2.75. The van der Waals surface area contributed by atoms with Crippen LogP contribution in [0.25, 0.3) is 6.08 Å². The molecule has 5 heteroatoms. The smallest absolute Gasteiger partial charge is 0.326 e. The number of carbonyl (C=O) groups excluding carboxylic acids is 1. The molecule has 2 N–H and O–H groups in total. The number of carboxylic acid groups (broad SMARTS) is 1. The van der Waals surface area contributed by atoms with Crippen LogP contribution >= 0.6 is 0 Å². The molecule has 0 fully saturated rings. The van der Waals surface area contributed by atoms with Crippen LogP contribution in [0.4, 0.5) is 0 Å². The summed E-state index contributed by atoms with van der Waals surface area (Å²) in [6, 6.07) is 6.41. The molecule has 0 radical (unpaired) electrons. The Morgan fingerprint density at radius 1 is 1.40 bits per heavy atom. The van der Waals surface area contributed by atoms with Crippen molar-refractivity contribution in [1.29, 1.82) is 0 Å². The number of hydrogen-bond acceptors (Lipinski definition) is 3. The molecule has 0 spiro atoms. The lowest BCUT2D eigenvalue weighted by atomic mass is 10.1. The van der Waals surface area contributed by atoms with Crippen molar-refractivity contribution in [1.82, 2.24) is 5.32 Å². The number of hydrogen-bond donors (Lipinski definition) is 2. The van der Waals surface area contributed by atoms with Crippen LogP contribution in [0.1, 0.15) is 25.3 Å². The van der Waals surface area contributed by atoms with E-state index in [1.807, 2.05) is 25.1 Å². The Balaban J connectivity index is 2.69. The van der Waals surface area contributed by atoms with E-state index in [-0.39, 0.29) is 0 Å². The maximum atomic E-state index is 11.7. The van der Waals surface area contributed by atoms with Gasteiger partial charge in [0.15, 0.2) is 0 Å². The summed E-state index contributed by atoms with van der Waals surface area (Å²) >= 11 is 0. The van der Waals surface area contributed by atoms with Gasteiger partial charge in [-0.05, 0) is 18.6 Å². The predicted octanol–water partition coefficient (Wildman–Crippen LogP) is 2.08. The second kappa shape index (κ2) is 7.99. The van der Waals surface area contributed by atoms with Crippen molar-refractivity contribution in [3.05, 3.63) is 35.9 Å². The second-order valence-electron chi connectivity index (χ2n) is 4.26. The van der Waals surface area contributed by atoms with Gasteiger partial charge in [-0.15, -0.1) is 0 Å². The molecule has 0 heterocycles. The van der Waals surface area contributed by atoms with Crippen LogP contribution in [-0.2, 0) is 9.59 Å². The second-order valence-corrected chi connectivity index (χ2v) is 4.26. The lowest BCUT2D eigenvalue weighted by Gasteiger charge is -2.11. The van der Waals surface area contributed by atoms with Crippen LogP contribution in [0.15, 0.2) is 30.3 Å². The maximum absolute atomic E-state index is 11.7. The number of ether oxygens (including phenoxy) is 1. The van der Waals surface area contributed by atoms with Gasteiger partial charge in [0.1, 0.15) is 11.8 Å². The van der Waals surface area contributed by atoms with Crippen molar-refractivity contribution >= 4 is 18.0 Å². The molecular formula is C15H19NO4. The maximum Gasteiger partial charge on any atom is 0.326 e. The summed E-state index contributed by atoms with van der Waals surface area (Å²) in [6.07, 6.45) is 4.00. The third kappa shape index (κ3) is 4.76. The zero-order valence-corrected chi connectivity index (χ0v) is 11.6. The fourth-order valence-corrected chi connectivity index (χ4v) is 1.74. The number of amides is 1. The molecule has 108 valence electrons. The average Bonchev–Trinajstić information content (AvgIpc) is 2.44.